The molecule has 4 nitrogen and oxygen atoms in total. The summed E-state index contributed by atoms with van der Waals surface area (Å²) in [5.41, 5.74) is 3.97. The van der Waals surface area contributed by atoms with Crippen molar-refractivity contribution in [3.05, 3.63) is 76.3 Å². The number of nitrogens with zero attached hydrogens (tertiary/aromatic N) is 3. The van der Waals surface area contributed by atoms with Crippen molar-refractivity contribution in [2.75, 3.05) is 31.1 Å². The fourth-order valence-corrected chi connectivity index (χ4v) is 4.01. The van der Waals surface area contributed by atoms with Gasteiger partial charge in [0.15, 0.2) is 5.75 Å². The van der Waals surface area contributed by atoms with Gasteiger partial charge in [0.05, 0.1) is 10.0 Å². The molecule has 0 saturated carbocycles. The standard InChI is InChI=1S/C22H20Cl2FN3O/c23-20-10-19(11-21(24)22(20)29)28-7-5-27(6-8-28)14-15-9-17(13-26-12-15)16-1-3-18(25)4-2-16/h1-4,9-13,29H,5-8,14H2. The summed E-state index contributed by atoms with van der Waals surface area (Å²) in [4.78, 5) is 8.93. The van der Waals surface area contributed by atoms with Crippen LogP contribution in [0.5, 0.6) is 5.75 Å². The minimum atomic E-state index is -0.244. The Kier molecular flexibility index (Phi) is 5.90. The Morgan fingerprint density at radius 2 is 1.55 bits per heavy atom. The number of rotatable bonds is 4. The Bertz CT molecular complexity index is 982. The quantitative estimate of drug-likeness (QED) is 0.614. The molecular formula is C22H20Cl2FN3O. The monoisotopic (exact) mass is 431 g/mol. The zero-order valence-electron chi connectivity index (χ0n) is 15.7. The number of aromatic nitrogens is 1. The van der Waals surface area contributed by atoms with Crippen molar-refractivity contribution >= 4 is 28.9 Å². The van der Waals surface area contributed by atoms with Crippen LogP contribution in [0.2, 0.25) is 10.0 Å². The molecule has 1 aliphatic heterocycles. The fraction of sp³-hybridized carbons (Fsp3) is 0.227. The zero-order valence-corrected chi connectivity index (χ0v) is 17.2. The Morgan fingerprint density at radius 1 is 0.897 bits per heavy atom. The highest BCUT2D eigenvalue weighted by atomic mass is 35.5. The lowest BCUT2D eigenvalue weighted by molar-refractivity contribution is 0.249. The topological polar surface area (TPSA) is 39.6 Å². The molecule has 0 aliphatic carbocycles. The lowest BCUT2D eigenvalue weighted by atomic mass is 10.1. The summed E-state index contributed by atoms with van der Waals surface area (Å²) in [5, 5.41) is 10.3. The molecule has 2 aromatic carbocycles. The van der Waals surface area contributed by atoms with Gasteiger partial charge in [-0.2, -0.15) is 0 Å². The van der Waals surface area contributed by atoms with Crippen LogP contribution in [0.3, 0.4) is 0 Å². The summed E-state index contributed by atoms with van der Waals surface area (Å²) < 4.78 is 13.2. The maximum Gasteiger partial charge on any atom is 0.152 e. The van der Waals surface area contributed by atoms with Crippen molar-refractivity contribution in [2.45, 2.75) is 6.54 Å². The molecule has 1 aromatic heterocycles. The third kappa shape index (κ3) is 4.64. The first-order valence-corrected chi connectivity index (χ1v) is 10.1. The van der Waals surface area contributed by atoms with Crippen molar-refractivity contribution in [2.24, 2.45) is 0 Å². The Labute approximate surface area is 179 Å². The number of hydrogen-bond acceptors (Lipinski definition) is 4. The summed E-state index contributed by atoms with van der Waals surface area (Å²) in [6.07, 6.45) is 3.67. The molecule has 1 fully saturated rings. The number of phenols is 1. The van der Waals surface area contributed by atoms with E-state index >= 15 is 0 Å². The van der Waals surface area contributed by atoms with E-state index in [2.05, 4.69) is 20.9 Å². The van der Waals surface area contributed by atoms with Crippen molar-refractivity contribution in [1.82, 2.24) is 9.88 Å². The molecule has 0 amide bonds. The van der Waals surface area contributed by atoms with E-state index in [1.807, 2.05) is 6.20 Å². The minimum Gasteiger partial charge on any atom is -0.505 e. The van der Waals surface area contributed by atoms with Crippen LogP contribution in [0.1, 0.15) is 5.56 Å². The number of aromatic hydroxyl groups is 1. The highest BCUT2D eigenvalue weighted by Crippen LogP contribution is 2.36. The van der Waals surface area contributed by atoms with Gasteiger partial charge >= 0.3 is 0 Å². The van der Waals surface area contributed by atoms with Crippen molar-refractivity contribution < 1.29 is 9.50 Å². The van der Waals surface area contributed by atoms with Gasteiger partial charge in [0, 0.05) is 56.4 Å². The molecule has 4 rings (SSSR count). The first kappa shape index (κ1) is 20.0. The smallest absolute Gasteiger partial charge is 0.152 e. The van der Waals surface area contributed by atoms with Crippen LogP contribution < -0.4 is 4.90 Å². The predicted molar refractivity (Wildman–Crippen MR) is 115 cm³/mol. The Hall–Kier alpha value is -2.34. The molecule has 0 atom stereocenters. The first-order valence-electron chi connectivity index (χ1n) is 9.35. The van der Waals surface area contributed by atoms with E-state index in [4.69, 9.17) is 23.2 Å². The van der Waals surface area contributed by atoms with Crippen molar-refractivity contribution in [1.29, 1.82) is 0 Å². The molecule has 0 radical (unpaired) electrons. The van der Waals surface area contributed by atoms with Crippen LogP contribution in [0.15, 0.2) is 54.9 Å². The van der Waals surface area contributed by atoms with E-state index in [9.17, 15) is 9.50 Å². The van der Waals surface area contributed by atoms with Crippen LogP contribution >= 0.6 is 23.2 Å². The van der Waals surface area contributed by atoms with Crippen LogP contribution in [-0.2, 0) is 6.54 Å². The van der Waals surface area contributed by atoms with E-state index in [0.717, 1.165) is 55.1 Å². The molecule has 1 N–H and O–H groups in total. The maximum atomic E-state index is 13.2. The van der Waals surface area contributed by atoms with E-state index in [1.54, 1.807) is 30.5 Å². The number of benzene rings is 2. The van der Waals surface area contributed by atoms with Crippen molar-refractivity contribution in [3.63, 3.8) is 0 Å². The second kappa shape index (κ2) is 8.57. The molecule has 2 heterocycles. The van der Waals surface area contributed by atoms with Crippen LogP contribution in [0, 0.1) is 5.82 Å². The molecule has 1 saturated heterocycles. The maximum absolute atomic E-state index is 13.2. The van der Waals surface area contributed by atoms with Gasteiger partial charge in [0.25, 0.3) is 0 Å². The number of hydrogen-bond donors (Lipinski definition) is 1. The van der Waals surface area contributed by atoms with Gasteiger partial charge in [-0.25, -0.2) is 4.39 Å². The fourth-order valence-electron chi connectivity index (χ4n) is 3.53. The van der Waals surface area contributed by atoms with Crippen LogP contribution in [0.25, 0.3) is 11.1 Å². The van der Waals surface area contributed by atoms with Gasteiger partial charge in [-0.3, -0.25) is 9.88 Å². The molecule has 3 aromatic rings. The van der Waals surface area contributed by atoms with E-state index in [-0.39, 0.29) is 21.6 Å². The third-order valence-electron chi connectivity index (χ3n) is 5.12. The predicted octanol–water partition coefficient (Wildman–Crippen LogP) is 5.22. The number of phenolic OH excluding ortho intramolecular Hbond substituents is 1. The number of pyridine rings is 1. The van der Waals surface area contributed by atoms with Crippen LogP contribution in [-0.4, -0.2) is 41.2 Å². The number of halogens is 3. The Morgan fingerprint density at radius 3 is 2.21 bits per heavy atom. The molecule has 1 aliphatic rings. The van der Waals surface area contributed by atoms with Gasteiger partial charge in [-0.1, -0.05) is 35.3 Å². The summed E-state index contributed by atoms with van der Waals surface area (Å²) in [5.74, 6) is -0.323. The summed E-state index contributed by atoms with van der Waals surface area (Å²) in [7, 11) is 0. The summed E-state index contributed by atoms with van der Waals surface area (Å²) in [6, 6.07) is 12.0. The highest BCUT2D eigenvalue weighted by molar-refractivity contribution is 6.37. The van der Waals surface area contributed by atoms with Gasteiger partial charge < -0.3 is 10.0 Å². The molecule has 0 unspecified atom stereocenters. The molecule has 7 heteroatoms. The third-order valence-corrected chi connectivity index (χ3v) is 5.69. The summed E-state index contributed by atoms with van der Waals surface area (Å²) >= 11 is 12.1. The SMILES string of the molecule is Oc1c(Cl)cc(N2CCN(Cc3cncc(-c4ccc(F)cc4)c3)CC2)cc1Cl. The molecule has 29 heavy (non-hydrogen) atoms. The molecule has 0 spiro atoms. The van der Waals surface area contributed by atoms with Gasteiger partial charge in [-0.15, -0.1) is 0 Å². The van der Waals surface area contributed by atoms with E-state index in [0.29, 0.717) is 0 Å². The van der Waals surface area contributed by atoms with Crippen molar-refractivity contribution in [3.8, 4) is 16.9 Å². The average Bonchev–Trinajstić information content (AvgIpc) is 2.73. The normalized spacial score (nSPS) is 14.9. The molecular weight excluding hydrogens is 412 g/mol. The van der Waals surface area contributed by atoms with E-state index in [1.165, 1.54) is 12.1 Å². The Balaban J connectivity index is 1.40. The minimum absolute atomic E-state index is 0.0794. The lowest BCUT2D eigenvalue weighted by Gasteiger charge is -2.36. The van der Waals surface area contributed by atoms with Crippen LogP contribution in [0.4, 0.5) is 10.1 Å². The number of piperazine rings is 1. The largest absolute Gasteiger partial charge is 0.505 e. The number of anilines is 1. The van der Waals surface area contributed by atoms with Gasteiger partial charge in [0.1, 0.15) is 5.82 Å². The first-order chi connectivity index (χ1) is 14.0. The lowest BCUT2D eigenvalue weighted by Crippen LogP contribution is -2.46. The second-order valence-corrected chi connectivity index (χ2v) is 7.92. The molecule has 0 bridgehead atoms. The average molecular weight is 432 g/mol. The summed E-state index contributed by atoms with van der Waals surface area (Å²) in [6.45, 7) is 4.24. The van der Waals surface area contributed by atoms with Gasteiger partial charge in [-0.05, 0) is 41.5 Å². The molecule has 150 valence electrons. The second-order valence-electron chi connectivity index (χ2n) is 7.11. The van der Waals surface area contributed by atoms with Gasteiger partial charge in [0.2, 0.25) is 0 Å². The van der Waals surface area contributed by atoms with E-state index < -0.39 is 0 Å². The zero-order chi connectivity index (χ0) is 20.4. The highest BCUT2D eigenvalue weighted by Gasteiger charge is 2.19.